The lowest BCUT2D eigenvalue weighted by atomic mass is 10.1. The summed E-state index contributed by atoms with van der Waals surface area (Å²) in [5.41, 5.74) is 8.75. The van der Waals surface area contributed by atoms with Gasteiger partial charge < -0.3 is 10.3 Å². The summed E-state index contributed by atoms with van der Waals surface area (Å²) in [5.74, 6) is -1.25. The molecular weight excluding hydrogens is 294 g/mol. The van der Waals surface area contributed by atoms with Crippen LogP contribution in [0, 0.1) is 13.8 Å². The van der Waals surface area contributed by atoms with Crippen LogP contribution in [0.15, 0.2) is 24.3 Å². The first kappa shape index (κ1) is 15.0. The normalized spacial score (nSPS) is 13.6. The third-order valence-corrected chi connectivity index (χ3v) is 4.41. The van der Waals surface area contributed by atoms with E-state index in [9.17, 15) is 14.4 Å². The van der Waals surface area contributed by atoms with E-state index in [1.165, 1.54) is 0 Å². The summed E-state index contributed by atoms with van der Waals surface area (Å²) in [4.78, 5) is 38.3. The van der Waals surface area contributed by atoms with Crippen LogP contribution in [0.25, 0.3) is 0 Å². The maximum absolute atomic E-state index is 12.5. The number of fused-ring (bicyclic) bond motifs is 1. The van der Waals surface area contributed by atoms with E-state index < -0.39 is 11.8 Å². The van der Waals surface area contributed by atoms with Gasteiger partial charge in [0.15, 0.2) is 5.78 Å². The van der Waals surface area contributed by atoms with Crippen molar-refractivity contribution < 1.29 is 14.4 Å². The Labute approximate surface area is 133 Å². The molecule has 2 amide bonds. The van der Waals surface area contributed by atoms with Crippen molar-refractivity contribution in [3.8, 4) is 0 Å². The van der Waals surface area contributed by atoms with E-state index in [0.717, 1.165) is 16.3 Å². The van der Waals surface area contributed by atoms with Crippen LogP contribution in [0.4, 0.5) is 5.69 Å². The number of nitrogens with two attached hydrogens (primary N) is 1. The van der Waals surface area contributed by atoms with Crippen molar-refractivity contribution in [2.45, 2.75) is 13.8 Å². The van der Waals surface area contributed by atoms with Gasteiger partial charge in [-0.3, -0.25) is 19.3 Å². The lowest BCUT2D eigenvalue weighted by molar-refractivity contribution is 0.0624. The van der Waals surface area contributed by atoms with Gasteiger partial charge in [0.1, 0.15) is 0 Å². The summed E-state index contributed by atoms with van der Waals surface area (Å²) in [5, 5.41) is 0. The van der Waals surface area contributed by atoms with E-state index in [1.807, 2.05) is 25.5 Å². The molecule has 1 aromatic carbocycles. The van der Waals surface area contributed by atoms with Gasteiger partial charge in [-0.1, -0.05) is 6.07 Å². The molecule has 2 aromatic rings. The molecule has 118 valence electrons. The summed E-state index contributed by atoms with van der Waals surface area (Å²) < 4.78 is 1.90. The van der Waals surface area contributed by atoms with E-state index in [1.54, 1.807) is 24.3 Å². The average Bonchev–Trinajstić information content (AvgIpc) is 2.91. The fourth-order valence-corrected chi connectivity index (χ4v) is 2.87. The monoisotopic (exact) mass is 311 g/mol. The number of nitrogens with zero attached hydrogens (tertiary/aromatic N) is 2. The molecule has 3 rings (SSSR count). The highest BCUT2D eigenvalue weighted by Gasteiger charge is 2.38. The number of carbonyl (C=O) groups excluding carboxylic acids is 3. The third-order valence-electron chi connectivity index (χ3n) is 4.41. The van der Waals surface area contributed by atoms with E-state index in [-0.39, 0.29) is 29.1 Å². The van der Waals surface area contributed by atoms with Crippen molar-refractivity contribution in [1.82, 2.24) is 9.47 Å². The third kappa shape index (κ3) is 2.14. The number of hydrogen-bond donors (Lipinski definition) is 1. The van der Waals surface area contributed by atoms with Crippen LogP contribution in [0.2, 0.25) is 0 Å². The number of hydrogen-bond acceptors (Lipinski definition) is 4. The Morgan fingerprint density at radius 2 is 1.87 bits per heavy atom. The minimum atomic E-state index is -0.512. The molecule has 2 N–H and O–H groups in total. The number of carbonyl (C=O) groups is 3. The molecule has 23 heavy (non-hydrogen) atoms. The fourth-order valence-electron chi connectivity index (χ4n) is 2.87. The van der Waals surface area contributed by atoms with Gasteiger partial charge in [-0.15, -0.1) is 0 Å². The second kappa shape index (κ2) is 5.08. The number of nitrogen functional groups attached to an aromatic ring is 1. The summed E-state index contributed by atoms with van der Waals surface area (Å²) in [6.45, 7) is 3.45. The number of ketones is 1. The predicted octanol–water partition coefficient (Wildman–Crippen LogP) is 1.70. The van der Waals surface area contributed by atoms with Crippen molar-refractivity contribution in [2.24, 2.45) is 7.05 Å². The summed E-state index contributed by atoms with van der Waals surface area (Å²) >= 11 is 0. The molecule has 0 unspecified atom stereocenters. The largest absolute Gasteiger partial charge is 0.398 e. The zero-order valence-corrected chi connectivity index (χ0v) is 13.2. The minimum Gasteiger partial charge on any atom is -0.398 e. The topological polar surface area (TPSA) is 85.4 Å². The summed E-state index contributed by atoms with van der Waals surface area (Å²) in [7, 11) is 1.87. The van der Waals surface area contributed by atoms with E-state index in [0.29, 0.717) is 5.56 Å². The molecule has 0 saturated heterocycles. The molecule has 6 heteroatoms. The number of amides is 2. The Kier molecular flexibility index (Phi) is 3.32. The molecule has 0 saturated carbocycles. The highest BCUT2D eigenvalue weighted by Crippen LogP contribution is 2.28. The molecule has 2 heterocycles. The van der Waals surface area contributed by atoms with Crippen molar-refractivity contribution in [2.75, 3.05) is 12.3 Å². The molecule has 0 radical (unpaired) electrons. The number of anilines is 1. The van der Waals surface area contributed by atoms with Gasteiger partial charge in [0.2, 0.25) is 0 Å². The molecule has 6 nitrogen and oxygen atoms in total. The van der Waals surface area contributed by atoms with Crippen LogP contribution in [-0.4, -0.2) is 33.6 Å². The van der Waals surface area contributed by atoms with Crippen LogP contribution in [0.3, 0.4) is 0 Å². The Morgan fingerprint density at radius 1 is 1.17 bits per heavy atom. The first-order chi connectivity index (χ1) is 10.8. The zero-order valence-electron chi connectivity index (χ0n) is 13.2. The van der Waals surface area contributed by atoms with Gasteiger partial charge in [-0.25, -0.2) is 0 Å². The average molecular weight is 311 g/mol. The van der Waals surface area contributed by atoms with Crippen LogP contribution in [-0.2, 0) is 7.05 Å². The van der Waals surface area contributed by atoms with Crippen LogP contribution in [0.1, 0.15) is 42.5 Å². The molecule has 0 fully saturated rings. The molecule has 0 bridgehead atoms. The van der Waals surface area contributed by atoms with Gasteiger partial charge in [-0.05, 0) is 32.0 Å². The zero-order chi connectivity index (χ0) is 16.9. The molecular formula is C17H17N3O3. The van der Waals surface area contributed by atoms with E-state index in [4.69, 9.17) is 5.73 Å². The van der Waals surface area contributed by atoms with Gasteiger partial charge in [0, 0.05) is 29.7 Å². The molecule has 1 aliphatic heterocycles. The van der Waals surface area contributed by atoms with Crippen molar-refractivity contribution in [1.29, 1.82) is 0 Å². The number of Topliss-reactive ketones (excluding diaryl/α,β-unsaturated/α-hetero) is 1. The number of rotatable bonds is 3. The number of benzene rings is 1. The number of imide groups is 1. The van der Waals surface area contributed by atoms with Crippen LogP contribution >= 0.6 is 0 Å². The number of aryl methyl sites for hydroxylation is 1. The Balaban J connectivity index is 1.91. The molecule has 0 spiro atoms. The van der Waals surface area contributed by atoms with Crippen LogP contribution in [0.5, 0.6) is 0 Å². The summed E-state index contributed by atoms with van der Waals surface area (Å²) in [6, 6.07) is 6.51. The maximum atomic E-state index is 12.5. The van der Waals surface area contributed by atoms with Crippen molar-refractivity contribution in [3.63, 3.8) is 0 Å². The summed E-state index contributed by atoms with van der Waals surface area (Å²) in [6.07, 6.45) is 0. The second-order valence-corrected chi connectivity index (χ2v) is 5.73. The first-order valence-corrected chi connectivity index (χ1v) is 7.23. The van der Waals surface area contributed by atoms with Crippen LogP contribution < -0.4 is 5.73 Å². The highest BCUT2D eigenvalue weighted by atomic mass is 16.2. The highest BCUT2D eigenvalue weighted by molar-refractivity contribution is 6.25. The van der Waals surface area contributed by atoms with Gasteiger partial charge in [0.25, 0.3) is 11.8 Å². The SMILES string of the molecule is Cc1cc(C(=O)CN2C(=O)c3cccc(N)c3C2=O)c(C)n1C. The van der Waals surface area contributed by atoms with Gasteiger partial charge in [-0.2, -0.15) is 0 Å². The van der Waals surface area contributed by atoms with Gasteiger partial charge >= 0.3 is 0 Å². The first-order valence-electron chi connectivity index (χ1n) is 7.23. The van der Waals surface area contributed by atoms with Crippen molar-refractivity contribution >= 4 is 23.3 Å². The number of aromatic nitrogens is 1. The predicted molar refractivity (Wildman–Crippen MR) is 85.4 cm³/mol. The lowest BCUT2D eigenvalue weighted by Gasteiger charge is -2.12. The Morgan fingerprint density at radius 3 is 2.43 bits per heavy atom. The minimum absolute atomic E-state index is 0.186. The lowest BCUT2D eigenvalue weighted by Crippen LogP contribution is -2.35. The van der Waals surface area contributed by atoms with Crippen molar-refractivity contribution in [3.05, 3.63) is 52.3 Å². The van der Waals surface area contributed by atoms with Gasteiger partial charge in [0.05, 0.1) is 17.7 Å². The maximum Gasteiger partial charge on any atom is 0.264 e. The quantitative estimate of drug-likeness (QED) is 0.531. The second-order valence-electron chi connectivity index (χ2n) is 5.73. The van der Waals surface area contributed by atoms with E-state index >= 15 is 0 Å². The molecule has 1 aromatic heterocycles. The molecule has 0 aliphatic carbocycles. The Bertz CT molecular complexity index is 864. The van der Waals surface area contributed by atoms with E-state index in [2.05, 4.69) is 0 Å². The molecule has 1 aliphatic rings. The smallest absolute Gasteiger partial charge is 0.264 e. The fraction of sp³-hybridized carbons (Fsp3) is 0.235. The Hall–Kier alpha value is -2.89. The molecule has 0 atom stereocenters. The standard InChI is InChI=1S/C17H17N3O3/c1-9-7-12(10(2)19(9)3)14(21)8-20-16(22)11-5-4-6-13(18)15(11)17(20)23/h4-7H,8,18H2,1-3H3.